The van der Waals surface area contributed by atoms with Crippen LogP contribution in [-0.2, 0) is 4.74 Å². The largest absolute Gasteiger partial charge is 0.409 e. The number of amidine groups is 1. The van der Waals surface area contributed by atoms with Crippen LogP contribution in [0.4, 0.5) is 0 Å². The normalized spacial score (nSPS) is 22.0. The van der Waals surface area contributed by atoms with E-state index in [9.17, 15) is 0 Å². The molecule has 1 heterocycles. The molecule has 0 aromatic carbocycles. The number of hydrogen-bond acceptors (Lipinski definition) is 4. The number of rotatable bonds is 2. The van der Waals surface area contributed by atoms with Gasteiger partial charge in [-0.05, 0) is 0 Å². The van der Waals surface area contributed by atoms with Crippen LogP contribution >= 0.6 is 0 Å². The number of oxime groups is 1. The Bertz CT molecular complexity index is 143. The van der Waals surface area contributed by atoms with Gasteiger partial charge in [-0.25, -0.2) is 0 Å². The molecule has 0 atom stereocenters. The maximum Gasteiger partial charge on any atom is 0.153 e. The fraction of sp³-hybridized carbons (Fsp3) is 0.833. The average Bonchev–Trinajstić information content (AvgIpc) is 2.06. The van der Waals surface area contributed by atoms with Crippen molar-refractivity contribution in [2.75, 3.05) is 32.8 Å². The lowest BCUT2D eigenvalue weighted by Crippen LogP contribution is -2.41. The molecule has 0 aromatic heterocycles. The molecule has 64 valence electrons. The summed E-state index contributed by atoms with van der Waals surface area (Å²) in [4.78, 5) is 2.08. The van der Waals surface area contributed by atoms with Gasteiger partial charge in [-0.15, -0.1) is 0 Å². The molecule has 5 nitrogen and oxygen atoms in total. The summed E-state index contributed by atoms with van der Waals surface area (Å²) in [7, 11) is 0. The molecular formula is C6H13N3O2. The molecule has 0 bridgehead atoms. The highest BCUT2D eigenvalue weighted by atomic mass is 16.5. The summed E-state index contributed by atoms with van der Waals surface area (Å²) in [5, 5.41) is 11.2. The van der Waals surface area contributed by atoms with Crippen LogP contribution in [0.5, 0.6) is 0 Å². The molecule has 1 aliphatic heterocycles. The molecule has 11 heavy (non-hydrogen) atoms. The number of morpholine rings is 1. The van der Waals surface area contributed by atoms with E-state index in [0.29, 0.717) is 6.54 Å². The maximum absolute atomic E-state index is 8.27. The number of nitrogens with two attached hydrogens (primary N) is 1. The van der Waals surface area contributed by atoms with Crippen LogP contribution in [0.3, 0.4) is 0 Å². The molecule has 0 unspecified atom stereocenters. The molecule has 1 fully saturated rings. The van der Waals surface area contributed by atoms with Gasteiger partial charge in [0.15, 0.2) is 5.84 Å². The first-order valence-corrected chi connectivity index (χ1v) is 3.59. The molecule has 0 aromatic rings. The number of ether oxygens (including phenoxy) is 1. The van der Waals surface area contributed by atoms with Crippen LogP contribution in [-0.4, -0.2) is 48.8 Å². The average molecular weight is 159 g/mol. The third-order valence-electron chi connectivity index (χ3n) is 1.62. The van der Waals surface area contributed by atoms with Crippen molar-refractivity contribution in [2.45, 2.75) is 0 Å². The molecule has 0 saturated carbocycles. The van der Waals surface area contributed by atoms with Crippen LogP contribution < -0.4 is 5.73 Å². The smallest absolute Gasteiger partial charge is 0.153 e. The second-order valence-corrected chi connectivity index (χ2v) is 2.48. The van der Waals surface area contributed by atoms with Crippen molar-refractivity contribution >= 4 is 5.84 Å². The Labute approximate surface area is 65.4 Å². The van der Waals surface area contributed by atoms with Crippen molar-refractivity contribution in [1.82, 2.24) is 4.90 Å². The van der Waals surface area contributed by atoms with Crippen LogP contribution in [0.25, 0.3) is 0 Å². The van der Waals surface area contributed by atoms with E-state index in [1.165, 1.54) is 0 Å². The van der Waals surface area contributed by atoms with E-state index in [-0.39, 0.29) is 5.84 Å². The number of nitrogens with zero attached hydrogens (tertiary/aromatic N) is 2. The Morgan fingerprint density at radius 3 is 2.73 bits per heavy atom. The molecule has 0 amide bonds. The summed E-state index contributed by atoms with van der Waals surface area (Å²) in [5.41, 5.74) is 5.32. The molecular weight excluding hydrogens is 146 g/mol. The monoisotopic (exact) mass is 159 g/mol. The minimum Gasteiger partial charge on any atom is -0.409 e. The van der Waals surface area contributed by atoms with Crippen molar-refractivity contribution in [3.8, 4) is 0 Å². The number of hydrogen-bond donors (Lipinski definition) is 2. The molecule has 0 radical (unpaired) electrons. The molecule has 1 saturated heterocycles. The second kappa shape index (κ2) is 4.15. The molecule has 1 aliphatic rings. The van der Waals surface area contributed by atoms with Crippen molar-refractivity contribution in [2.24, 2.45) is 10.9 Å². The summed E-state index contributed by atoms with van der Waals surface area (Å²) < 4.78 is 5.13. The Balaban J connectivity index is 2.24. The van der Waals surface area contributed by atoms with Crippen molar-refractivity contribution < 1.29 is 9.94 Å². The van der Waals surface area contributed by atoms with E-state index >= 15 is 0 Å². The molecule has 5 heteroatoms. The second-order valence-electron chi connectivity index (χ2n) is 2.48. The Hall–Kier alpha value is -0.810. The quantitative estimate of drug-likeness (QED) is 0.236. The van der Waals surface area contributed by atoms with Crippen LogP contribution in [0.15, 0.2) is 5.16 Å². The van der Waals surface area contributed by atoms with Crippen molar-refractivity contribution in [3.05, 3.63) is 0 Å². The third kappa shape index (κ3) is 2.73. The highest BCUT2D eigenvalue weighted by Crippen LogP contribution is 1.94. The van der Waals surface area contributed by atoms with Crippen LogP contribution in [0, 0.1) is 0 Å². The summed E-state index contributed by atoms with van der Waals surface area (Å²) >= 11 is 0. The lowest BCUT2D eigenvalue weighted by Gasteiger charge is -2.25. The maximum atomic E-state index is 8.27. The van der Waals surface area contributed by atoms with Crippen LogP contribution in [0.1, 0.15) is 0 Å². The first-order valence-electron chi connectivity index (χ1n) is 3.59. The summed E-state index contributed by atoms with van der Waals surface area (Å²) in [5.74, 6) is 0.256. The van der Waals surface area contributed by atoms with Crippen molar-refractivity contribution in [1.29, 1.82) is 0 Å². The van der Waals surface area contributed by atoms with E-state index in [4.69, 9.17) is 15.7 Å². The lowest BCUT2D eigenvalue weighted by atomic mass is 10.4. The van der Waals surface area contributed by atoms with Gasteiger partial charge < -0.3 is 15.7 Å². The Morgan fingerprint density at radius 2 is 2.18 bits per heavy atom. The zero-order valence-corrected chi connectivity index (χ0v) is 6.36. The molecule has 1 rings (SSSR count). The molecule has 0 aliphatic carbocycles. The van der Waals surface area contributed by atoms with E-state index in [2.05, 4.69) is 10.1 Å². The van der Waals surface area contributed by atoms with Gasteiger partial charge in [0.05, 0.1) is 19.8 Å². The predicted molar refractivity (Wildman–Crippen MR) is 40.7 cm³/mol. The van der Waals surface area contributed by atoms with Gasteiger partial charge in [-0.3, -0.25) is 4.90 Å². The minimum absolute atomic E-state index is 0.256. The first kappa shape index (κ1) is 8.29. The van der Waals surface area contributed by atoms with Gasteiger partial charge in [0, 0.05) is 13.1 Å². The van der Waals surface area contributed by atoms with Gasteiger partial charge in [0.2, 0.25) is 0 Å². The van der Waals surface area contributed by atoms with Crippen LogP contribution in [0.2, 0.25) is 0 Å². The predicted octanol–water partition coefficient (Wildman–Crippen LogP) is -0.935. The Morgan fingerprint density at radius 1 is 1.55 bits per heavy atom. The highest BCUT2D eigenvalue weighted by Gasteiger charge is 2.10. The highest BCUT2D eigenvalue weighted by molar-refractivity contribution is 5.81. The zero-order valence-electron chi connectivity index (χ0n) is 6.36. The SMILES string of the molecule is N/C(CN1CCOCC1)=N/O. The summed E-state index contributed by atoms with van der Waals surface area (Å²) in [6.45, 7) is 3.71. The molecule has 0 spiro atoms. The van der Waals surface area contributed by atoms with Crippen molar-refractivity contribution in [3.63, 3.8) is 0 Å². The minimum atomic E-state index is 0.256. The zero-order chi connectivity index (χ0) is 8.10. The van der Waals surface area contributed by atoms with E-state index < -0.39 is 0 Å². The van der Waals surface area contributed by atoms with Gasteiger partial charge in [-0.1, -0.05) is 5.16 Å². The van der Waals surface area contributed by atoms with E-state index in [0.717, 1.165) is 26.3 Å². The fourth-order valence-electron chi connectivity index (χ4n) is 1.02. The van der Waals surface area contributed by atoms with E-state index in [1.54, 1.807) is 0 Å². The van der Waals surface area contributed by atoms with Gasteiger partial charge >= 0.3 is 0 Å². The lowest BCUT2D eigenvalue weighted by molar-refractivity contribution is 0.0449. The van der Waals surface area contributed by atoms with E-state index in [1.807, 2.05) is 0 Å². The first-order chi connectivity index (χ1) is 5.33. The Kier molecular flexibility index (Phi) is 3.13. The topological polar surface area (TPSA) is 71.1 Å². The third-order valence-corrected chi connectivity index (χ3v) is 1.62. The summed E-state index contributed by atoms with van der Waals surface area (Å²) in [6, 6.07) is 0. The fourth-order valence-corrected chi connectivity index (χ4v) is 1.02. The van der Waals surface area contributed by atoms with Gasteiger partial charge in [-0.2, -0.15) is 0 Å². The van der Waals surface area contributed by atoms with Gasteiger partial charge in [0.1, 0.15) is 0 Å². The molecule has 3 N–H and O–H groups in total. The standard InChI is InChI=1S/C6H13N3O2/c7-6(8-10)5-9-1-3-11-4-2-9/h10H,1-5H2,(H2,7,8). The van der Waals surface area contributed by atoms with Gasteiger partial charge in [0.25, 0.3) is 0 Å². The summed E-state index contributed by atoms with van der Waals surface area (Å²) in [6.07, 6.45) is 0.